The summed E-state index contributed by atoms with van der Waals surface area (Å²) in [6.45, 7) is 2.15. The van der Waals surface area contributed by atoms with Gasteiger partial charge >= 0.3 is 0 Å². The van der Waals surface area contributed by atoms with E-state index in [1.54, 1.807) is 6.08 Å². The Morgan fingerprint density at radius 1 is 1.16 bits per heavy atom. The zero-order valence-corrected chi connectivity index (χ0v) is 15.0. The van der Waals surface area contributed by atoms with Gasteiger partial charge < -0.3 is 11.1 Å². The lowest BCUT2D eigenvalue weighted by Gasteiger charge is -2.07. The summed E-state index contributed by atoms with van der Waals surface area (Å²) < 4.78 is 0. The molecule has 0 aliphatic carbocycles. The minimum Gasteiger partial charge on any atom is -0.398 e. The molecule has 2 aromatic carbocycles. The third-order valence-corrected chi connectivity index (χ3v) is 3.76. The molecule has 0 heterocycles. The van der Waals surface area contributed by atoms with Crippen LogP contribution in [0.25, 0.3) is 5.70 Å². The number of amides is 1. The van der Waals surface area contributed by atoms with E-state index in [-0.39, 0.29) is 11.8 Å². The summed E-state index contributed by atoms with van der Waals surface area (Å²) in [5, 5.41) is 2.67. The number of hydrogen-bond acceptors (Lipinski definition) is 3. The molecule has 0 aromatic heterocycles. The first kappa shape index (κ1) is 18.7. The average molecular weight is 356 g/mol. The number of rotatable bonds is 6. The fourth-order valence-electron chi connectivity index (χ4n) is 2.30. The standard InChI is InChI=1S/C20H22ClN3O/c1-2-6-15-9-11-16(12-10-15)18(22)13-19(24-20(25)14-21)23-17-7-4-3-5-8-17/h3-5,7-13H,2,6,14,22H2,1H3,(H,23,24,25)/b18-13-. The summed E-state index contributed by atoms with van der Waals surface area (Å²) >= 11 is 5.58. The number of hydrogen-bond donors (Lipinski definition) is 2. The fourth-order valence-corrected chi connectivity index (χ4v) is 2.36. The van der Waals surface area contributed by atoms with Crippen LogP contribution in [0.15, 0.2) is 65.7 Å². The number of carbonyl (C=O) groups excluding carboxylic acids is 1. The lowest BCUT2D eigenvalue weighted by molar-refractivity contribution is -0.117. The van der Waals surface area contributed by atoms with Gasteiger partial charge in [0.1, 0.15) is 11.7 Å². The molecule has 0 unspecified atom stereocenters. The molecule has 0 spiro atoms. The number of benzene rings is 2. The maximum Gasteiger partial charge on any atom is 0.240 e. The van der Waals surface area contributed by atoms with Crippen LogP contribution in [0, 0.1) is 0 Å². The minimum atomic E-state index is -0.335. The Balaban J connectivity index is 2.28. The molecule has 2 aromatic rings. The van der Waals surface area contributed by atoms with Crippen molar-refractivity contribution in [2.75, 3.05) is 5.88 Å². The Bertz CT molecular complexity index is 752. The molecule has 25 heavy (non-hydrogen) atoms. The van der Waals surface area contributed by atoms with Crippen molar-refractivity contribution in [3.05, 3.63) is 71.8 Å². The molecule has 2 rings (SSSR count). The van der Waals surface area contributed by atoms with Crippen molar-refractivity contribution in [3.63, 3.8) is 0 Å². The van der Waals surface area contributed by atoms with Crippen molar-refractivity contribution in [1.29, 1.82) is 0 Å². The number of para-hydroxylation sites is 1. The molecule has 4 nitrogen and oxygen atoms in total. The molecule has 0 saturated heterocycles. The third-order valence-electron chi connectivity index (χ3n) is 3.51. The first-order valence-electron chi connectivity index (χ1n) is 8.18. The van der Waals surface area contributed by atoms with Crippen molar-refractivity contribution in [3.8, 4) is 0 Å². The zero-order valence-electron chi connectivity index (χ0n) is 14.2. The molecule has 0 aliphatic rings. The van der Waals surface area contributed by atoms with Gasteiger partial charge in [-0.25, -0.2) is 4.99 Å². The van der Waals surface area contributed by atoms with Gasteiger partial charge in [-0.2, -0.15) is 0 Å². The van der Waals surface area contributed by atoms with Crippen LogP contribution in [0.5, 0.6) is 0 Å². The van der Waals surface area contributed by atoms with Gasteiger partial charge in [-0.15, -0.1) is 11.6 Å². The maximum absolute atomic E-state index is 11.7. The smallest absolute Gasteiger partial charge is 0.240 e. The Hall–Kier alpha value is -2.59. The first-order valence-corrected chi connectivity index (χ1v) is 8.72. The second kappa shape index (κ2) is 9.64. The van der Waals surface area contributed by atoms with Crippen molar-refractivity contribution in [1.82, 2.24) is 5.32 Å². The van der Waals surface area contributed by atoms with Gasteiger partial charge in [-0.1, -0.05) is 55.8 Å². The second-order valence-electron chi connectivity index (χ2n) is 5.56. The normalized spacial score (nSPS) is 12.1. The topological polar surface area (TPSA) is 67.5 Å². The summed E-state index contributed by atoms with van der Waals surface area (Å²) in [6, 6.07) is 17.4. The van der Waals surface area contributed by atoms with E-state index in [1.165, 1.54) is 5.56 Å². The molecular weight excluding hydrogens is 334 g/mol. The number of nitrogens with one attached hydrogen (secondary N) is 1. The van der Waals surface area contributed by atoms with Gasteiger partial charge in [0, 0.05) is 11.8 Å². The first-order chi connectivity index (χ1) is 12.1. The molecule has 0 fully saturated rings. The molecular formula is C20H22ClN3O. The van der Waals surface area contributed by atoms with E-state index in [4.69, 9.17) is 17.3 Å². The van der Waals surface area contributed by atoms with Gasteiger partial charge in [0.25, 0.3) is 0 Å². The lowest BCUT2D eigenvalue weighted by Crippen LogP contribution is -2.30. The molecule has 0 atom stereocenters. The average Bonchev–Trinajstić information content (AvgIpc) is 2.63. The number of amidine groups is 1. The van der Waals surface area contributed by atoms with E-state index >= 15 is 0 Å². The van der Waals surface area contributed by atoms with Crippen LogP contribution in [0.3, 0.4) is 0 Å². The largest absolute Gasteiger partial charge is 0.398 e. The quantitative estimate of drug-likeness (QED) is 0.466. The van der Waals surface area contributed by atoms with Crippen molar-refractivity contribution in [2.24, 2.45) is 10.7 Å². The Labute approximate surface area is 153 Å². The van der Waals surface area contributed by atoms with Crippen LogP contribution in [0.1, 0.15) is 24.5 Å². The zero-order chi connectivity index (χ0) is 18.1. The van der Waals surface area contributed by atoms with Crippen LogP contribution in [0.4, 0.5) is 5.69 Å². The second-order valence-corrected chi connectivity index (χ2v) is 5.83. The summed E-state index contributed by atoms with van der Waals surface area (Å²) in [4.78, 5) is 16.1. The predicted octanol–water partition coefficient (Wildman–Crippen LogP) is 4.02. The number of halogens is 1. The van der Waals surface area contributed by atoms with E-state index < -0.39 is 0 Å². The minimum absolute atomic E-state index is 0.146. The molecule has 130 valence electrons. The predicted molar refractivity (Wildman–Crippen MR) is 105 cm³/mol. The van der Waals surface area contributed by atoms with Gasteiger partial charge in [0.2, 0.25) is 5.91 Å². The van der Waals surface area contributed by atoms with Crippen molar-refractivity contribution in [2.45, 2.75) is 19.8 Å². The van der Waals surface area contributed by atoms with Gasteiger partial charge in [-0.05, 0) is 29.7 Å². The van der Waals surface area contributed by atoms with Gasteiger partial charge in [0.15, 0.2) is 0 Å². The lowest BCUT2D eigenvalue weighted by atomic mass is 10.1. The van der Waals surface area contributed by atoms with E-state index in [1.807, 2.05) is 42.5 Å². The fraction of sp³-hybridized carbons (Fsp3) is 0.200. The highest BCUT2D eigenvalue weighted by Gasteiger charge is 2.05. The monoisotopic (exact) mass is 355 g/mol. The van der Waals surface area contributed by atoms with Crippen molar-refractivity contribution >= 4 is 34.7 Å². The van der Waals surface area contributed by atoms with Crippen LogP contribution < -0.4 is 11.1 Å². The third kappa shape index (κ3) is 6.08. The van der Waals surface area contributed by atoms with E-state index in [0.29, 0.717) is 11.5 Å². The van der Waals surface area contributed by atoms with E-state index in [0.717, 1.165) is 24.1 Å². The molecule has 1 amide bonds. The highest BCUT2D eigenvalue weighted by molar-refractivity contribution is 6.29. The maximum atomic E-state index is 11.7. The molecule has 0 bridgehead atoms. The molecule has 5 heteroatoms. The number of aliphatic imine (C=N–C) groups is 1. The Morgan fingerprint density at radius 2 is 1.84 bits per heavy atom. The molecule has 3 N–H and O–H groups in total. The van der Waals surface area contributed by atoms with Crippen molar-refractivity contribution < 1.29 is 4.79 Å². The van der Waals surface area contributed by atoms with E-state index in [2.05, 4.69) is 29.4 Å². The number of aryl methyl sites for hydroxylation is 1. The SMILES string of the molecule is CCCc1ccc(/C(N)=C/C(=Nc2ccccc2)NC(=O)CCl)cc1. The number of nitrogens with zero attached hydrogens (tertiary/aromatic N) is 1. The molecule has 0 radical (unpaired) electrons. The van der Waals surface area contributed by atoms with Gasteiger partial charge in [-0.3, -0.25) is 4.79 Å². The van der Waals surface area contributed by atoms with Gasteiger partial charge in [0.05, 0.1) is 5.69 Å². The summed E-state index contributed by atoms with van der Waals surface area (Å²) in [5.41, 5.74) is 9.57. The highest BCUT2D eigenvalue weighted by Crippen LogP contribution is 2.14. The summed E-state index contributed by atoms with van der Waals surface area (Å²) in [7, 11) is 0. The Kier molecular flexibility index (Phi) is 7.23. The number of nitrogens with two attached hydrogens (primary N) is 1. The summed E-state index contributed by atoms with van der Waals surface area (Å²) in [6.07, 6.45) is 3.78. The Morgan fingerprint density at radius 3 is 2.44 bits per heavy atom. The summed E-state index contributed by atoms with van der Waals surface area (Å²) in [5.74, 6) is -0.126. The van der Waals surface area contributed by atoms with Crippen LogP contribution in [0.2, 0.25) is 0 Å². The molecule has 0 aliphatic heterocycles. The van der Waals surface area contributed by atoms with Crippen LogP contribution in [-0.2, 0) is 11.2 Å². The van der Waals surface area contributed by atoms with Crippen LogP contribution in [-0.4, -0.2) is 17.6 Å². The van der Waals surface area contributed by atoms with Crippen LogP contribution >= 0.6 is 11.6 Å². The molecule has 0 saturated carbocycles. The van der Waals surface area contributed by atoms with E-state index in [9.17, 15) is 4.79 Å². The number of alkyl halides is 1. The number of carbonyl (C=O) groups is 1. The highest BCUT2D eigenvalue weighted by atomic mass is 35.5.